The van der Waals surface area contributed by atoms with Gasteiger partial charge in [0.1, 0.15) is 17.8 Å². The van der Waals surface area contributed by atoms with Crippen LogP contribution in [0.25, 0.3) is 11.2 Å². The average molecular weight is 590 g/mol. The van der Waals surface area contributed by atoms with Gasteiger partial charge in [0.25, 0.3) is 14.1 Å². The predicted molar refractivity (Wildman–Crippen MR) is 152 cm³/mol. The van der Waals surface area contributed by atoms with Crippen LogP contribution in [0.15, 0.2) is 11.1 Å². The quantitative estimate of drug-likeness (QED) is 0.275. The molecule has 13 nitrogen and oxygen atoms in total. The molecule has 4 heterocycles. The number of fused-ring (bicyclic) bond motifs is 3. The normalized spacial score (nSPS) is 27.3. The van der Waals surface area contributed by atoms with Gasteiger partial charge in [-0.05, 0) is 40.5 Å². The molecule has 5 atom stereocenters. The van der Waals surface area contributed by atoms with Crippen molar-refractivity contribution in [1.29, 1.82) is 5.26 Å². The lowest BCUT2D eigenvalue weighted by molar-refractivity contribution is -0.196. The van der Waals surface area contributed by atoms with E-state index in [0.717, 1.165) is 12.8 Å². The van der Waals surface area contributed by atoms with Crippen LogP contribution in [0.3, 0.4) is 0 Å². The molecule has 0 radical (unpaired) electrons. The Hall–Kier alpha value is -2.46. The number of carbonyl (C=O) groups is 1. The van der Waals surface area contributed by atoms with Gasteiger partial charge >= 0.3 is 0 Å². The van der Waals surface area contributed by atoms with Crippen LogP contribution in [0.5, 0.6) is 0 Å². The number of hydrogen-bond donors (Lipinski definition) is 2. The standard InChI is InChI=1S/C27H40N7O6P/c1-15(2)22(35)31-25-30-21-18(23(36)32-25)29-14-33(21)24-19-20(27(39-24,13-37-19)26(7)9-10-26)40-41(38-12-8-11-28)34(16(3)4)17(5)6/h14-17,19-20,24H,8-10,12-13H2,1-7H3,(H2,30,31,32,35,36)/t19-,20?,24+,27-,41?/m0/s1. The second kappa shape index (κ2) is 11.3. The zero-order valence-electron chi connectivity index (χ0n) is 24.7. The van der Waals surface area contributed by atoms with Crippen molar-refractivity contribution in [2.45, 2.75) is 104 Å². The Labute approximate surface area is 240 Å². The zero-order valence-corrected chi connectivity index (χ0v) is 25.6. The first-order valence-electron chi connectivity index (χ1n) is 14.2. The summed E-state index contributed by atoms with van der Waals surface area (Å²) in [5, 5.41) is 11.8. The van der Waals surface area contributed by atoms with Gasteiger partial charge in [0.15, 0.2) is 17.4 Å². The van der Waals surface area contributed by atoms with Crippen molar-refractivity contribution in [3.8, 4) is 6.07 Å². The van der Waals surface area contributed by atoms with Crippen LogP contribution in [0, 0.1) is 22.7 Å². The van der Waals surface area contributed by atoms with Gasteiger partial charge in [-0.1, -0.05) is 20.8 Å². The first kappa shape index (κ1) is 30.0. The first-order chi connectivity index (χ1) is 19.4. The molecule has 2 N–H and O–H groups in total. The summed E-state index contributed by atoms with van der Waals surface area (Å²) >= 11 is 0. The first-order valence-corrected chi connectivity index (χ1v) is 15.4. The van der Waals surface area contributed by atoms with Crippen LogP contribution in [0.2, 0.25) is 0 Å². The number of aromatic amines is 1. The largest absolute Gasteiger partial charge is 0.367 e. The van der Waals surface area contributed by atoms with Crippen molar-refractivity contribution < 1.29 is 23.3 Å². The second-order valence-electron chi connectivity index (χ2n) is 12.2. The van der Waals surface area contributed by atoms with E-state index in [1.165, 1.54) is 6.33 Å². The number of hydrogen-bond acceptors (Lipinski definition) is 10. The Morgan fingerprint density at radius 3 is 2.63 bits per heavy atom. The maximum atomic E-state index is 12.8. The number of amides is 1. The molecule has 1 aliphatic carbocycles. The third-order valence-electron chi connectivity index (χ3n) is 8.22. The summed E-state index contributed by atoms with van der Waals surface area (Å²) < 4.78 is 30.3. The molecule has 0 spiro atoms. The smallest absolute Gasteiger partial charge is 0.280 e. The zero-order chi connectivity index (χ0) is 29.7. The van der Waals surface area contributed by atoms with Crippen molar-refractivity contribution in [1.82, 2.24) is 24.2 Å². The highest BCUT2D eigenvalue weighted by Crippen LogP contribution is 2.66. The molecular weight excluding hydrogens is 549 g/mol. The number of nitrogens with one attached hydrogen (secondary N) is 2. The highest BCUT2D eigenvalue weighted by atomic mass is 31.2. The topological polar surface area (TPSA) is 157 Å². The molecule has 2 unspecified atom stereocenters. The van der Waals surface area contributed by atoms with Gasteiger partial charge in [0.2, 0.25) is 11.9 Å². The summed E-state index contributed by atoms with van der Waals surface area (Å²) in [5.41, 5.74) is -0.952. The van der Waals surface area contributed by atoms with Crippen LogP contribution in [0.4, 0.5) is 5.95 Å². The molecule has 0 aromatic carbocycles. The van der Waals surface area contributed by atoms with E-state index >= 15 is 0 Å². The lowest BCUT2D eigenvalue weighted by Gasteiger charge is -2.40. The lowest BCUT2D eigenvalue weighted by atomic mass is 9.83. The van der Waals surface area contributed by atoms with Crippen molar-refractivity contribution in [2.75, 3.05) is 18.5 Å². The van der Waals surface area contributed by atoms with Crippen LogP contribution < -0.4 is 10.9 Å². The Balaban J connectivity index is 1.51. The summed E-state index contributed by atoms with van der Waals surface area (Å²) in [7, 11) is -1.55. The van der Waals surface area contributed by atoms with E-state index in [2.05, 4.69) is 65.6 Å². The van der Waals surface area contributed by atoms with Gasteiger partial charge in [-0.25, -0.2) is 9.65 Å². The fourth-order valence-corrected chi connectivity index (χ4v) is 7.51. The van der Waals surface area contributed by atoms with Gasteiger partial charge in [-0.3, -0.25) is 24.5 Å². The number of carbonyl (C=O) groups excluding carboxylic acids is 1. The van der Waals surface area contributed by atoms with Crippen LogP contribution in [-0.2, 0) is 23.3 Å². The van der Waals surface area contributed by atoms with E-state index in [1.807, 2.05) is 0 Å². The number of H-pyrrole nitrogens is 1. The minimum Gasteiger partial charge on any atom is -0.367 e. The highest BCUT2D eigenvalue weighted by Gasteiger charge is 2.73. The summed E-state index contributed by atoms with van der Waals surface area (Å²) in [6.07, 6.45) is 2.07. The highest BCUT2D eigenvalue weighted by molar-refractivity contribution is 7.44. The molecule has 2 saturated heterocycles. The van der Waals surface area contributed by atoms with E-state index in [-0.39, 0.29) is 59.5 Å². The Kier molecular flexibility index (Phi) is 8.29. The molecule has 14 heteroatoms. The van der Waals surface area contributed by atoms with E-state index < -0.39 is 38.1 Å². The fraction of sp³-hybridized carbons (Fsp3) is 0.741. The van der Waals surface area contributed by atoms with Gasteiger partial charge in [0.05, 0.1) is 32.0 Å². The molecule has 2 aromatic heterocycles. The molecule has 3 fully saturated rings. The maximum Gasteiger partial charge on any atom is 0.280 e. The minimum atomic E-state index is -1.55. The third kappa shape index (κ3) is 5.31. The molecule has 2 bridgehead atoms. The van der Waals surface area contributed by atoms with Crippen LogP contribution in [-0.4, -0.2) is 73.2 Å². The summed E-state index contributed by atoms with van der Waals surface area (Å²) in [6.45, 7) is 14.7. The Morgan fingerprint density at radius 1 is 1.32 bits per heavy atom. The summed E-state index contributed by atoms with van der Waals surface area (Å²) in [6, 6.07) is 2.42. The molecule has 1 amide bonds. The second-order valence-corrected chi connectivity index (χ2v) is 13.6. The number of nitrogens with zero attached hydrogens (tertiary/aromatic N) is 5. The molecule has 1 saturated carbocycles. The number of anilines is 1. The lowest BCUT2D eigenvalue weighted by Crippen LogP contribution is -2.49. The van der Waals surface area contributed by atoms with E-state index in [0.29, 0.717) is 6.61 Å². The number of rotatable bonds is 12. The minimum absolute atomic E-state index is 0.0441. The van der Waals surface area contributed by atoms with Crippen LogP contribution >= 0.6 is 8.53 Å². The Bertz CT molecular complexity index is 1370. The Morgan fingerprint density at radius 2 is 2.02 bits per heavy atom. The number of ether oxygens (including phenoxy) is 2. The van der Waals surface area contributed by atoms with E-state index in [9.17, 15) is 9.59 Å². The number of aromatic nitrogens is 4. The molecule has 3 aliphatic rings. The molecule has 41 heavy (non-hydrogen) atoms. The van der Waals surface area contributed by atoms with Crippen molar-refractivity contribution in [2.24, 2.45) is 11.3 Å². The molecule has 5 rings (SSSR count). The molecule has 2 aromatic rings. The van der Waals surface area contributed by atoms with E-state index in [4.69, 9.17) is 23.8 Å². The molecule has 2 aliphatic heterocycles. The average Bonchev–Trinajstić information content (AvgIpc) is 3.24. The third-order valence-corrected chi connectivity index (χ3v) is 10.3. The SMILES string of the molecule is CC(C)C(=O)Nc1nc2c(ncn2[C@@H]2O[C@@]3(C4(C)CC4)CO[C@H]2C3OP(OCCC#N)N(C(C)C)C(C)C)c(=O)[nH]1. The maximum absolute atomic E-state index is 12.8. The number of nitriles is 1. The van der Waals surface area contributed by atoms with Gasteiger partial charge in [0, 0.05) is 23.4 Å². The fourth-order valence-electron chi connectivity index (χ4n) is 5.73. The summed E-state index contributed by atoms with van der Waals surface area (Å²) in [4.78, 5) is 36.6. The van der Waals surface area contributed by atoms with Gasteiger partial charge in [-0.15, -0.1) is 0 Å². The predicted octanol–water partition coefficient (Wildman–Crippen LogP) is 3.84. The van der Waals surface area contributed by atoms with Crippen molar-refractivity contribution in [3.63, 3.8) is 0 Å². The van der Waals surface area contributed by atoms with Crippen molar-refractivity contribution in [3.05, 3.63) is 16.7 Å². The van der Waals surface area contributed by atoms with Gasteiger partial charge < -0.3 is 18.5 Å². The van der Waals surface area contributed by atoms with Crippen LogP contribution in [0.1, 0.15) is 74.0 Å². The monoisotopic (exact) mass is 589 g/mol. The number of imidazole rings is 1. The molecular formula is C27H40N7O6P. The summed E-state index contributed by atoms with van der Waals surface area (Å²) in [5.74, 6) is -0.513. The van der Waals surface area contributed by atoms with Gasteiger partial charge in [-0.2, -0.15) is 10.2 Å². The van der Waals surface area contributed by atoms with E-state index in [1.54, 1.807) is 18.4 Å². The van der Waals surface area contributed by atoms with Crippen molar-refractivity contribution >= 4 is 31.5 Å². The molecule has 224 valence electrons.